The Morgan fingerprint density at radius 2 is 1.66 bits per heavy atom. The Morgan fingerprint density at radius 3 is 2.31 bits per heavy atom. The van der Waals surface area contributed by atoms with E-state index in [0.29, 0.717) is 22.0 Å². The molecule has 0 spiro atoms. The SMILES string of the molecule is CC(=O)N(C)c1ccc(NC(=O)CNc2ccc(Cl)c(C(=O)NC3CCCCC3)c2)cc1. The number of amides is 3. The van der Waals surface area contributed by atoms with Gasteiger partial charge in [-0.25, -0.2) is 0 Å². The van der Waals surface area contributed by atoms with E-state index in [1.807, 2.05) is 0 Å². The molecule has 0 aliphatic heterocycles. The Labute approximate surface area is 193 Å². The topological polar surface area (TPSA) is 90.5 Å². The summed E-state index contributed by atoms with van der Waals surface area (Å²) in [5, 5.41) is 9.28. The van der Waals surface area contributed by atoms with E-state index >= 15 is 0 Å². The lowest BCUT2D eigenvalue weighted by Gasteiger charge is -2.23. The standard InChI is InChI=1S/C24H29ClN4O3/c1-16(30)29(2)20-11-8-18(9-12-20)27-23(31)15-26-19-10-13-22(25)21(14-19)24(32)28-17-6-4-3-5-7-17/h8-14,17,26H,3-7,15H2,1-2H3,(H,27,31)(H,28,32). The highest BCUT2D eigenvalue weighted by atomic mass is 35.5. The third kappa shape index (κ3) is 6.47. The molecule has 1 fully saturated rings. The second-order valence-corrected chi connectivity index (χ2v) is 8.44. The third-order valence-corrected chi connectivity index (χ3v) is 5.94. The molecule has 2 aromatic carbocycles. The summed E-state index contributed by atoms with van der Waals surface area (Å²) in [5.74, 6) is -0.493. The number of rotatable bonds is 7. The number of nitrogens with one attached hydrogen (secondary N) is 3. The smallest absolute Gasteiger partial charge is 0.253 e. The first-order valence-corrected chi connectivity index (χ1v) is 11.2. The maximum Gasteiger partial charge on any atom is 0.253 e. The second-order valence-electron chi connectivity index (χ2n) is 8.03. The fourth-order valence-corrected chi connectivity index (χ4v) is 3.86. The van der Waals surface area contributed by atoms with E-state index in [9.17, 15) is 14.4 Å². The first-order valence-electron chi connectivity index (χ1n) is 10.8. The van der Waals surface area contributed by atoms with Gasteiger partial charge in [-0.1, -0.05) is 30.9 Å². The molecule has 0 unspecified atom stereocenters. The minimum absolute atomic E-state index is 0.0282. The molecular formula is C24H29ClN4O3. The van der Waals surface area contributed by atoms with Gasteiger partial charge in [-0.2, -0.15) is 0 Å². The zero-order valence-corrected chi connectivity index (χ0v) is 19.2. The van der Waals surface area contributed by atoms with E-state index < -0.39 is 0 Å². The van der Waals surface area contributed by atoms with Crippen molar-refractivity contribution in [3.05, 3.63) is 53.1 Å². The lowest BCUT2D eigenvalue weighted by molar-refractivity contribution is -0.116. The van der Waals surface area contributed by atoms with Gasteiger partial charge in [-0.05, 0) is 55.3 Å². The molecule has 0 heterocycles. The monoisotopic (exact) mass is 456 g/mol. The number of benzene rings is 2. The molecule has 0 atom stereocenters. The Hall–Kier alpha value is -3.06. The van der Waals surface area contributed by atoms with Crippen LogP contribution in [0.3, 0.4) is 0 Å². The summed E-state index contributed by atoms with van der Waals surface area (Å²) in [6.07, 6.45) is 5.46. The van der Waals surface area contributed by atoms with Crippen LogP contribution in [0.5, 0.6) is 0 Å². The molecule has 3 amide bonds. The van der Waals surface area contributed by atoms with E-state index in [0.717, 1.165) is 31.4 Å². The molecule has 0 saturated heterocycles. The first kappa shape index (κ1) is 23.6. The van der Waals surface area contributed by atoms with Crippen molar-refractivity contribution < 1.29 is 14.4 Å². The third-order valence-electron chi connectivity index (χ3n) is 5.62. The van der Waals surface area contributed by atoms with Gasteiger partial charge in [-0.3, -0.25) is 14.4 Å². The Bertz CT molecular complexity index is 972. The first-order chi connectivity index (χ1) is 15.3. The summed E-state index contributed by atoms with van der Waals surface area (Å²) in [4.78, 5) is 37.9. The van der Waals surface area contributed by atoms with E-state index in [4.69, 9.17) is 11.6 Å². The fraction of sp³-hybridized carbons (Fsp3) is 0.375. The summed E-state index contributed by atoms with van der Waals surface area (Å²) in [6.45, 7) is 1.52. The molecule has 2 aromatic rings. The van der Waals surface area contributed by atoms with Gasteiger partial charge in [0.15, 0.2) is 0 Å². The largest absolute Gasteiger partial charge is 0.376 e. The van der Waals surface area contributed by atoms with Gasteiger partial charge in [0.05, 0.1) is 17.1 Å². The Kier molecular flexibility index (Phi) is 8.11. The van der Waals surface area contributed by atoms with Crippen LogP contribution in [-0.2, 0) is 9.59 Å². The average Bonchev–Trinajstić information content (AvgIpc) is 2.79. The summed E-state index contributed by atoms with van der Waals surface area (Å²) >= 11 is 6.24. The molecule has 170 valence electrons. The molecule has 8 heteroatoms. The quantitative estimate of drug-likeness (QED) is 0.574. The molecule has 7 nitrogen and oxygen atoms in total. The molecule has 1 aliphatic carbocycles. The van der Waals surface area contributed by atoms with Crippen molar-refractivity contribution in [2.24, 2.45) is 0 Å². The maximum atomic E-state index is 12.7. The van der Waals surface area contributed by atoms with E-state index in [1.54, 1.807) is 49.5 Å². The highest BCUT2D eigenvalue weighted by Crippen LogP contribution is 2.23. The molecule has 1 aliphatic rings. The predicted molar refractivity (Wildman–Crippen MR) is 128 cm³/mol. The summed E-state index contributed by atoms with van der Waals surface area (Å²) < 4.78 is 0. The van der Waals surface area contributed by atoms with Gasteiger partial charge >= 0.3 is 0 Å². The summed E-state index contributed by atoms with van der Waals surface area (Å²) in [7, 11) is 1.69. The lowest BCUT2D eigenvalue weighted by atomic mass is 9.95. The van der Waals surface area contributed by atoms with Gasteiger partial charge in [0.1, 0.15) is 0 Å². The molecule has 0 radical (unpaired) electrons. The minimum atomic E-state index is -0.235. The Balaban J connectivity index is 1.54. The van der Waals surface area contributed by atoms with Gasteiger partial charge in [0.25, 0.3) is 5.91 Å². The van der Waals surface area contributed by atoms with Gasteiger partial charge in [-0.15, -0.1) is 0 Å². The van der Waals surface area contributed by atoms with Crippen molar-refractivity contribution in [1.82, 2.24) is 5.32 Å². The number of hydrogen-bond donors (Lipinski definition) is 3. The van der Waals surface area contributed by atoms with Crippen LogP contribution in [0, 0.1) is 0 Å². The number of carbonyl (C=O) groups is 3. The van der Waals surface area contributed by atoms with Crippen LogP contribution in [0.2, 0.25) is 5.02 Å². The lowest BCUT2D eigenvalue weighted by Crippen LogP contribution is -2.36. The van der Waals surface area contributed by atoms with Gasteiger partial charge in [0, 0.05) is 37.1 Å². The summed E-state index contributed by atoms with van der Waals surface area (Å²) in [6, 6.07) is 12.3. The van der Waals surface area contributed by atoms with Crippen molar-refractivity contribution in [3.8, 4) is 0 Å². The molecule has 3 N–H and O–H groups in total. The maximum absolute atomic E-state index is 12.7. The fourth-order valence-electron chi connectivity index (χ4n) is 3.66. The average molecular weight is 457 g/mol. The molecular weight excluding hydrogens is 428 g/mol. The van der Waals surface area contributed by atoms with Crippen LogP contribution in [0.15, 0.2) is 42.5 Å². The van der Waals surface area contributed by atoms with Crippen LogP contribution in [0.4, 0.5) is 17.1 Å². The van der Waals surface area contributed by atoms with Crippen LogP contribution in [-0.4, -0.2) is 37.4 Å². The Morgan fingerprint density at radius 1 is 1.00 bits per heavy atom. The van der Waals surface area contributed by atoms with Crippen LogP contribution in [0.25, 0.3) is 0 Å². The number of halogens is 1. The van der Waals surface area contributed by atoms with E-state index in [-0.39, 0.29) is 30.3 Å². The number of nitrogens with zero attached hydrogens (tertiary/aromatic N) is 1. The van der Waals surface area contributed by atoms with Crippen molar-refractivity contribution in [2.45, 2.75) is 45.1 Å². The molecule has 3 rings (SSSR count). The normalized spacial score (nSPS) is 13.8. The zero-order chi connectivity index (χ0) is 23.1. The number of anilines is 3. The number of hydrogen-bond acceptors (Lipinski definition) is 4. The summed E-state index contributed by atoms with van der Waals surface area (Å²) in [5.41, 5.74) is 2.40. The van der Waals surface area contributed by atoms with Gasteiger partial charge < -0.3 is 20.9 Å². The predicted octanol–water partition coefficient (Wildman–Crippen LogP) is 4.44. The van der Waals surface area contributed by atoms with Crippen molar-refractivity contribution in [3.63, 3.8) is 0 Å². The van der Waals surface area contributed by atoms with Crippen LogP contribution >= 0.6 is 11.6 Å². The van der Waals surface area contributed by atoms with Crippen LogP contribution in [0.1, 0.15) is 49.4 Å². The minimum Gasteiger partial charge on any atom is -0.376 e. The van der Waals surface area contributed by atoms with Crippen molar-refractivity contribution in [1.29, 1.82) is 0 Å². The van der Waals surface area contributed by atoms with Gasteiger partial charge in [0.2, 0.25) is 11.8 Å². The number of carbonyl (C=O) groups excluding carboxylic acids is 3. The van der Waals surface area contributed by atoms with E-state index in [1.165, 1.54) is 18.2 Å². The second kappa shape index (κ2) is 11.0. The molecule has 0 aromatic heterocycles. The molecule has 32 heavy (non-hydrogen) atoms. The van der Waals surface area contributed by atoms with Crippen molar-refractivity contribution in [2.75, 3.05) is 29.1 Å². The zero-order valence-electron chi connectivity index (χ0n) is 18.4. The highest BCUT2D eigenvalue weighted by molar-refractivity contribution is 6.34. The van der Waals surface area contributed by atoms with Crippen LogP contribution < -0.4 is 20.9 Å². The molecule has 1 saturated carbocycles. The van der Waals surface area contributed by atoms with Crippen molar-refractivity contribution >= 4 is 46.4 Å². The van der Waals surface area contributed by atoms with E-state index in [2.05, 4.69) is 16.0 Å². The molecule has 0 bridgehead atoms. The highest BCUT2D eigenvalue weighted by Gasteiger charge is 2.18.